The molecule has 72 valence electrons. The zero-order valence-corrected chi connectivity index (χ0v) is 8.54. The second kappa shape index (κ2) is 3.93. The molecule has 0 bridgehead atoms. The van der Waals surface area contributed by atoms with E-state index in [0.29, 0.717) is 5.69 Å². The molecule has 0 unspecified atom stereocenters. The summed E-state index contributed by atoms with van der Waals surface area (Å²) in [6, 6.07) is 2.13. The van der Waals surface area contributed by atoms with Gasteiger partial charge in [-0.05, 0) is 12.0 Å². The molecule has 0 saturated heterocycles. The molecule has 0 aromatic carbocycles. The van der Waals surface area contributed by atoms with E-state index < -0.39 is 0 Å². The Balaban J connectivity index is 3.44. The third-order valence-electron chi connectivity index (χ3n) is 2.13. The van der Waals surface area contributed by atoms with Crippen LogP contribution < -0.4 is 0 Å². The summed E-state index contributed by atoms with van der Waals surface area (Å²) in [5.74, 6) is 0. The lowest BCUT2D eigenvalue weighted by Gasteiger charge is -1.99. The van der Waals surface area contributed by atoms with Crippen LogP contribution in [0.3, 0.4) is 0 Å². The predicted molar refractivity (Wildman–Crippen MR) is 56.5 cm³/mol. The van der Waals surface area contributed by atoms with Crippen LogP contribution >= 0.6 is 0 Å². The van der Waals surface area contributed by atoms with E-state index >= 15 is 0 Å². The Labute approximate surface area is 84.0 Å². The zero-order chi connectivity index (χ0) is 10.7. The van der Waals surface area contributed by atoms with Gasteiger partial charge in [-0.15, -0.1) is 0 Å². The molecular formula is C11H13N3. The highest BCUT2D eigenvalue weighted by atomic mass is 15.3. The minimum atomic E-state index is 0.548. The van der Waals surface area contributed by atoms with E-state index in [4.69, 9.17) is 5.26 Å². The first kappa shape index (κ1) is 10.3. The van der Waals surface area contributed by atoms with Crippen molar-refractivity contribution >= 4 is 5.57 Å². The Bertz CT molecular complexity index is 418. The standard InChI is InChI=1S/C11H13N3/c1-5-8(3)11-9(6-2)13-14(4)10(11)7-12/h5H,1,3,6H2,2,4H3. The van der Waals surface area contributed by atoms with Crippen LogP contribution in [0.4, 0.5) is 0 Å². The summed E-state index contributed by atoms with van der Waals surface area (Å²) in [4.78, 5) is 0. The van der Waals surface area contributed by atoms with Gasteiger partial charge in [0.25, 0.3) is 0 Å². The Morgan fingerprint density at radius 2 is 2.36 bits per heavy atom. The van der Waals surface area contributed by atoms with E-state index in [1.807, 2.05) is 6.92 Å². The summed E-state index contributed by atoms with van der Waals surface area (Å²) in [6.07, 6.45) is 2.44. The van der Waals surface area contributed by atoms with Crippen LogP contribution in [0.15, 0.2) is 19.2 Å². The summed E-state index contributed by atoms with van der Waals surface area (Å²) >= 11 is 0. The Morgan fingerprint density at radius 3 is 2.79 bits per heavy atom. The van der Waals surface area contributed by atoms with Crippen molar-refractivity contribution in [3.63, 3.8) is 0 Å². The van der Waals surface area contributed by atoms with E-state index in [0.717, 1.165) is 23.3 Å². The van der Waals surface area contributed by atoms with Crippen molar-refractivity contribution in [1.82, 2.24) is 9.78 Å². The summed E-state index contributed by atoms with van der Waals surface area (Å²) in [5, 5.41) is 13.2. The number of allylic oxidation sites excluding steroid dienone is 2. The van der Waals surface area contributed by atoms with Crippen molar-refractivity contribution in [2.45, 2.75) is 13.3 Å². The summed E-state index contributed by atoms with van der Waals surface area (Å²) in [5.41, 5.74) is 3.03. The molecule has 0 aliphatic carbocycles. The molecule has 14 heavy (non-hydrogen) atoms. The number of aryl methyl sites for hydroxylation is 2. The smallest absolute Gasteiger partial charge is 0.146 e. The van der Waals surface area contributed by atoms with E-state index in [9.17, 15) is 0 Å². The highest BCUT2D eigenvalue weighted by Gasteiger charge is 2.15. The quantitative estimate of drug-likeness (QED) is 0.679. The van der Waals surface area contributed by atoms with Crippen molar-refractivity contribution < 1.29 is 0 Å². The third-order valence-corrected chi connectivity index (χ3v) is 2.13. The van der Waals surface area contributed by atoms with Crippen molar-refractivity contribution in [2.75, 3.05) is 0 Å². The third kappa shape index (κ3) is 1.47. The first-order valence-electron chi connectivity index (χ1n) is 4.43. The van der Waals surface area contributed by atoms with E-state index in [1.165, 1.54) is 0 Å². The molecule has 1 heterocycles. The molecule has 3 heteroatoms. The molecule has 0 radical (unpaired) electrons. The van der Waals surface area contributed by atoms with Gasteiger partial charge in [0.1, 0.15) is 11.8 Å². The van der Waals surface area contributed by atoms with Crippen LogP contribution in [0.25, 0.3) is 5.57 Å². The summed E-state index contributed by atoms with van der Waals surface area (Å²) in [6.45, 7) is 9.51. The maximum absolute atomic E-state index is 8.97. The number of hydrogen-bond donors (Lipinski definition) is 0. The number of nitrogens with zero attached hydrogens (tertiary/aromatic N) is 3. The maximum atomic E-state index is 8.97. The van der Waals surface area contributed by atoms with Crippen molar-refractivity contribution in [3.8, 4) is 6.07 Å². The molecule has 0 atom stereocenters. The van der Waals surface area contributed by atoms with E-state index in [-0.39, 0.29) is 0 Å². The molecule has 0 N–H and O–H groups in total. The molecule has 0 saturated carbocycles. The molecule has 1 aromatic rings. The van der Waals surface area contributed by atoms with E-state index in [1.54, 1.807) is 17.8 Å². The fourth-order valence-electron chi connectivity index (χ4n) is 1.39. The van der Waals surface area contributed by atoms with Gasteiger partial charge in [0.15, 0.2) is 0 Å². The van der Waals surface area contributed by atoms with Crippen LogP contribution in [-0.2, 0) is 13.5 Å². The zero-order valence-electron chi connectivity index (χ0n) is 8.54. The summed E-state index contributed by atoms with van der Waals surface area (Å²) in [7, 11) is 1.76. The van der Waals surface area contributed by atoms with Gasteiger partial charge in [-0.2, -0.15) is 10.4 Å². The van der Waals surface area contributed by atoms with Crippen LogP contribution in [-0.4, -0.2) is 9.78 Å². The lowest BCUT2D eigenvalue weighted by atomic mass is 10.0. The number of aromatic nitrogens is 2. The molecule has 1 aromatic heterocycles. The Morgan fingerprint density at radius 1 is 1.71 bits per heavy atom. The molecule has 0 aliphatic heterocycles. The molecule has 0 fully saturated rings. The average molecular weight is 187 g/mol. The first-order chi connectivity index (χ1) is 6.65. The average Bonchev–Trinajstić information content (AvgIpc) is 2.53. The summed E-state index contributed by atoms with van der Waals surface area (Å²) < 4.78 is 1.59. The second-order valence-corrected chi connectivity index (χ2v) is 2.99. The monoisotopic (exact) mass is 187 g/mol. The lowest BCUT2D eigenvalue weighted by molar-refractivity contribution is 0.736. The molecule has 0 aliphatic rings. The van der Waals surface area contributed by atoms with Gasteiger partial charge in [-0.25, -0.2) is 0 Å². The molecule has 3 nitrogen and oxygen atoms in total. The molecular weight excluding hydrogens is 174 g/mol. The molecule has 1 rings (SSSR count). The minimum Gasteiger partial charge on any atom is -0.257 e. The predicted octanol–water partition coefficient (Wildman–Crippen LogP) is 2.05. The van der Waals surface area contributed by atoms with Gasteiger partial charge < -0.3 is 0 Å². The number of nitriles is 1. The largest absolute Gasteiger partial charge is 0.257 e. The van der Waals surface area contributed by atoms with Gasteiger partial charge >= 0.3 is 0 Å². The lowest BCUT2D eigenvalue weighted by Crippen LogP contribution is -1.94. The SMILES string of the molecule is C=CC(=C)c1c(CC)nn(C)c1C#N. The molecule has 0 amide bonds. The van der Waals surface area contributed by atoms with Crippen LogP contribution in [0.1, 0.15) is 23.9 Å². The fourth-order valence-corrected chi connectivity index (χ4v) is 1.39. The topological polar surface area (TPSA) is 41.6 Å². The van der Waals surface area contributed by atoms with E-state index in [2.05, 4.69) is 24.3 Å². The maximum Gasteiger partial charge on any atom is 0.146 e. The van der Waals surface area contributed by atoms with Crippen molar-refractivity contribution in [2.24, 2.45) is 7.05 Å². The highest BCUT2D eigenvalue weighted by molar-refractivity contribution is 5.76. The Kier molecular flexibility index (Phi) is 2.88. The minimum absolute atomic E-state index is 0.548. The fraction of sp³-hybridized carbons (Fsp3) is 0.273. The normalized spacial score (nSPS) is 9.50. The van der Waals surface area contributed by atoms with Crippen LogP contribution in [0.5, 0.6) is 0 Å². The number of rotatable bonds is 3. The Hall–Kier alpha value is -1.82. The van der Waals surface area contributed by atoms with Crippen LogP contribution in [0.2, 0.25) is 0 Å². The van der Waals surface area contributed by atoms with Gasteiger partial charge in [-0.3, -0.25) is 4.68 Å². The van der Waals surface area contributed by atoms with Gasteiger partial charge in [0, 0.05) is 12.6 Å². The van der Waals surface area contributed by atoms with Gasteiger partial charge in [0.2, 0.25) is 0 Å². The van der Waals surface area contributed by atoms with Gasteiger partial charge in [0.05, 0.1) is 5.69 Å². The van der Waals surface area contributed by atoms with Crippen molar-refractivity contribution in [1.29, 1.82) is 5.26 Å². The number of hydrogen-bond acceptors (Lipinski definition) is 2. The second-order valence-electron chi connectivity index (χ2n) is 2.99. The highest BCUT2D eigenvalue weighted by Crippen LogP contribution is 2.22. The molecule has 0 spiro atoms. The van der Waals surface area contributed by atoms with Crippen molar-refractivity contribution in [3.05, 3.63) is 36.2 Å². The first-order valence-corrected chi connectivity index (χ1v) is 4.43. The van der Waals surface area contributed by atoms with Crippen LogP contribution in [0, 0.1) is 11.3 Å². The van der Waals surface area contributed by atoms with Gasteiger partial charge in [-0.1, -0.05) is 26.2 Å².